The summed E-state index contributed by atoms with van der Waals surface area (Å²) < 4.78 is 12.9. The van der Waals surface area contributed by atoms with Crippen LogP contribution >= 0.6 is 11.6 Å². The number of carbonyl (C=O) groups is 1. The average Bonchev–Trinajstić information content (AvgIpc) is 4.04. The van der Waals surface area contributed by atoms with Gasteiger partial charge in [0.05, 0.1) is 24.9 Å². The van der Waals surface area contributed by atoms with Crippen LogP contribution in [-0.4, -0.2) is 80.1 Å². The molecule has 0 radical (unpaired) electrons. The number of hydrogen-bond acceptors (Lipinski definition) is 9. The normalized spacial score (nSPS) is 18.5. The van der Waals surface area contributed by atoms with E-state index in [2.05, 4.69) is 29.4 Å². The number of carbonyl (C=O) groups excluding carboxylic acids is 1. The second-order valence-electron chi connectivity index (χ2n) is 12.7. The van der Waals surface area contributed by atoms with Crippen LogP contribution in [0.1, 0.15) is 74.5 Å². The summed E-state index contributed by atoms with van der Waals surface area (Å²) in [6.45, 7) is 1.94. The number of benzene rings is 2. The third kappa shape index (κ3) is 8.88. The number of ether oxygens (including phenoxy) is 2. The molecule has 0 bridgehead atoms. The highest BCUT2D eigenvalue weighted by Gasteiger charge is 2.48. The predicted molar refractivity (Wildman–Crippen MR) is 177 cm³/mol. The van der Waals surface area contributed by atoms with Crippen molar-refractivity contribution in [3.63, 3.8) is 0 Å². The van der Waals surface area contributed by atoms with Crippen LogP contribution in [0.15, 0.2) is 60.9 Å². The number of unbranched alkanes of at least 4 members (excludes halogenated alkanes) is 1. The molecule has 2 fully saturated rings. The number of nitrogens with one attached hydrogen (secondary N) is 1. The van der Waals surface area contributed by atoms with Gasteiger partial charge in [-0.2, -0.15) is 0 Å². The lowest BCUT2D eigenvalue weighted by atomic mass is 9.94. The number of hydrogen-bond donors (Lipinski definition) is 6. The van der Waals surface area contributed by atoms with Crippen LogP contribution in [0.2, 0.25) is 5.02 Å². The molecule has 0 aliphatic heterocycles. The quantitative estimate of drug-likeness (QED) is 0.110. The van der Waals surface area contributed by atoms with Gasteiger partial charge in [-0.1, -0.05) is 55.3 Å². The molecule has 254 valence electrons. The van der Waals surface area contributed by atoms with Crippen LogP contribution in [0.4, 0.5) is 0 Å². The fraction of sp³-hybridized carbons (Fsp3) is 0.500. The minimum Gasteiger partial charge on any atom is -0.490 e. The van der Waals surface area contributed by atoms with Gasteiger partial charge in [-0.3, -0.25) is 9.78 Å². The van der Waals surface area contributed by atoms with Gasteiger partial charge in [0.1, 0.15) is 24.1 Å². The Bertz CT molecular complexity index is 1500. The van der Waals surface area contributed by atoms with E-state index >= 15 is 0 Å². The van der Waals surface area contributed by atoms with E-state index in [1.807, 2.05) is 48.8 Å². The van der Waals surface area contributed by atoms with Gasteiger partial charge in [-0.25, -0.2) is 0 Å². The van der Waals surface area contributed by atoms with E-state index in [9.17, 15) is 25.2 Å². The molecule has 0 spiro atoms. The van der Waals surface area contributed by atoms with Crippen molar-refractivity contribution >= 4 is 17.5 Å². The molecule has 2 saturated carbocycles. The highest BCUT2D eigenvalue weighted by atomic mass is 35.5. The molecule has 11 heteroatoms. The zero-order valence-corrected chi connectivity index (χ0v) is 27.4. The largest absolute Gasteiger partial charge is 0.490 e. The Morgan fingerprint density at radius 3 is 2.53 bits per heavy atom. The molecule has 1 heterocycles. The number of rotatable bonds is 18. The minimum atomic E-state index is -1.93. The lowest BCUT2D eigenvalue weighted by Crippen LogP contribution is -2.51. The van der Waals surface area contributed by atoms with Crippen molar-refractivity contribution in [2.75, 3.05) is 13.2 Å². The van der Waals surface area contributed by atoms with E-state index < -0.39 is 42.5 Å². The van der Waals surface area contributed by atoms with Gasteiger partial charge in [0.2, 0.25) is 0 Å². The van der Waals surface area contributed by atoms with Crippen LogP contribution in [-0.2, 0) is 21.7 Å². The van der Waals surface area contributed by atoms with Crippen molar-refractivity contribution in [1.82, 2.24) is 10.3 Å². The summed E-state index contributed by atoms with van der Waals surface area (Å²) in [5.74, 6) is 0.239. The molecular formula is C36H45ClN2O8. The Labute approximate surface area is 280 Å². The van der Waals surface area contributed by atoms with Crippen molar-refractivity contribution in [3.8, 4) is 16.9 Å². The number of pyridine rings is 1. The SMILES string of the molecule is CC(CCCCNC(=O)[C@@H](O)[C@@H](O)[C@H](O)[C@@H](O)CO)c1ccc(Cl)c(COC2(c3cnccc3-c3ccccc3OC3CC3)CC2)c1. The van der Waals surface area contributed by atoms with E-state index in [1.165, 1.54) is 0 Å². The molecule has 47 heavy (non-hydrogen) atoms. The first-order valence-corrected chi connectivity index (χ1v) is 16.7. The maximum Gasteiger partial charge on any atom is 0.251 e. The van der Waals surface area contributed by atoms with Crippen molar-refractivity contribution in [3.05, 3.63) is 82.6 Å². The van der Waals surface area contributed by atoms with E-state index in [0.717, 1.165) is 72.1 Å². The van der Waals surface area contributed by atoms with E-state index in [-0.39, 0.29) is 12.5 Å². The van der Waals surface area contributed by atoms with E-state index in [4.69, 9.17) is 26.2 Å². The highest BCUT2D eigenvalue weighted by Crippen LogP contribution is 2.53. The number of aliphatic hydroxyl groups excluding tert-OH is 5. The molecule has 1 aromatic heterocycles. The van der Waals surface area contributed by atoms with Crippen LogP contribution < -0.4 is 10.1 Å². The predicted octanol–water partition coefficient (Wildman–Crippen LogP) is 3.98. The van der Waals surface area contributed by atoms with Gasteiger partial charge in [-0.05, 0) is 79.3 Å². The molecule has 2 aliphatic carbocycles. The lowest BCUT2D eigenvalue weighted by Gasteiger charge is -2.25. The van der Waals surface area contributed by atoms with Crippen molar-refractivity contribution in [2.24, 2.45) is 0 Å². The Morgan fingerprint density at radius 2 is 1.81 bits per heavy atom. The number of nitrogens with zero attached hydrogens (tertiary/aromatic N) is 1. The zero-order valence-electron chi connectivity index (χ0n) is 26.6. The lowest BCUT2D eigenvalue weighted by molar-refractivity contribution is -0.148. The summed E-state index contributed by atoms with van der Waals surface area (Å²) in [6, 6.07) is 16.2. The third-order valence-electron chi connectivity index (χ3n) is 9.04. The maximum atomic E-state index is 12.2. The Balaban J connectivity index is 1.14. The fourth-order valence-electron chi connectivity index (χ4n) is 5.72. The van der Waals surface area contributed by atoms with Gasteiger partial charge in [0.25, 0.3) is 5.91 Å². The Morgan fingerprint density at radius 1 is 1.04 bits per heavy atom. The summed E-state index contributed by atoms with van der Waals surface area (Å²) in [5, 5.41) is 51.1. The van der Waals surface area contributed by atoms with Gasteiger partial charge >= 0.3 is 0 Å². The molecule has 0 saturated heterocycles. The Hall–Kier alpha value is -3.09. The summed E-state index contributed by atoms with van der Waals surface area (Å²) in [6.07, 6.45) is 2.86. The summed E-state index contributed by atoms with van der Waals surface area (Å²) in [5.41, 5.74) is 4.78. The first kappa shape index (κ1) is 35.2. The van der Waals surface area contributed by atoms with Gasteiger partial charge in [0.15, 0.2) is 6.10 Å². The number of para-hydroxylation sites is 1. The second-order valence-corrected chi connectivity index (χ2v) is 13.1. The van der Waals surface area contributed by atoms with Crippen LogP contribution in [0.3, 0.4) is 0 Å². The van der Waals surface area contributed by atoms with Crippen molar-refractivity contribution < 1.29 is 39.8 Å². The monoisotopic (exact) mass is 668 g/mol. The standard InChI is InChI=1S/C36H45ClN2O8/c1-22(6-4-5-16-39-35(45)34(44)33(43)32(42)30(41)20-40)23-9-12-29(37)24(18-23)21-46-36(14-15-36)28-19-38-17-13-26(28)27-7-2-3-8-31(27)47-25-10-11-25/h2-3,7-9,12-13,17-19,22,25,30,32-34,40-44H,4-6,10-11,14-16,20-21H2,1H3,(H,39,45)/t22?,30-,32+,33-,34-/m0/s1. The topological polar surface area (TPSA) is 162 Å². The summed E-state index contributed by atoms with van der Waals surface area (Å²) in [7, 11) is 0. The molecule has 5 atom stereocenters. The zero-order chi connectivity index (χ0) is 33.6. The van der Waals surface area contributed by atoms with Crippen LogP contribution in [0.5, 0.6) is 5.75 Å². The molecule has 5 rings (SSSR count). The molecular weight excluding hydrogens is 624 g/mol. The highest BCUT2D eigenvalue weighted by molar-refractivity contribution is 6.31. The minimum absolute atomic E-state index is 0.215. The average molecular weight is 669 g/mol. The van der Waals surface area contributed by atoms with Crippen molar-refractivity contribution in [2.45, 2.75) is 101 Å². The number of aromatic nitrogens is 1. The van der Waals surface area contributed by atoms with Gasteiger partial charge in [-0.15, -0.1) is 0 Å². The van der Waals surface area contributed by atoms with Gasteiger partial charge < -0.3 is 40.3 Å². The molecule has 1 amide bonds. The van der Waals surface area contributed by atoms with E-state index in [0.29, 0.717) is 24.2 Å². The Kier molecular flexibility index (Phi) is 11.9. The number of aliphatic hydroxyl groups is 5. The number of amides is 1. The van der Waals surface area contributed by atoms with Gasteiger partial charge in [0, 0.05) is 35.1 Å². The molecule has 2 aliphatic rings. The first-order chi connectivity index (χ1) is 22.6. The smallest absolute Gasteiger partial charge is 0.251 e. The van der Waals surface area contributed by atoms with Crippen LogP contribution in [0.25, 0.3) is 11.1 Å². The maximum absolute atomic E-state index is 12.2. The van der Waals surface area contributed by atoms with Crippen molar-refractivity contribution in [1.29, 1.82) is 0 Å². The van der Waals surface area contributed by atoms with E-state index in [1.54, 1.807) is 0 Å². The fourth-order valence-corrected chi connectivity index (χ4v) is 5.89. The molecule has 1 unspecified atom stereocenters. The second kappa shape index (κ2) is 15.9. The number of halogens is 1. The molecule has 10 nitrogen and oxygen atoms in total. The molecule has 3 aromatic rings. The molecule has 6 N–H and O–H groups in total. The third-order valence-corrected chi connectivity index (χ3v) is 9.41. The first-order valence-electron chi connectivity index (χ1n) is 16.4. The van der Waals surface area contributed by atoms with Crippen LogP contribution in [0, 0.1) is 0 Å². The summed E-state index contributed by atoms with van der Waals surface area (Å²) >= 11 is 6.64. The summed E-state index contributed by atoms with van der Waals surface area (Å²) in [4.78, 5) is 16.6. The molecule has 2 aromatic carbocycles.